The van der Waals surface area contributed by atoms with Crippen molar-refractivity contribution in [1.82, 2.24) is 24.1 Å². The summed E-state index contributed by atoms with van der Waals surface area (Å²) in [6, 6.07) is 57.5. The smallest absolute Gasteiger partial charge is 0.164 e. The molecule has 0 bridgehead atoms. The van der Waals surface area contributed by atoms with Crippen LogP contribution in [0.15, 0.2) is 170 Å². The van der Waals surface area contributed by atoms with Gasteiger partial charge in [0, 0.05) is 55.8 Å². The lowest BCUT2D eigenvalue weighted by molar-refractivity contribution is 1.07. The Balaban J connectivity index is 1.25. The average Bonchev–Trinajstić information content (AvgIpc) is 3.78. The van der Waals surface area contributed by atoms with Gasteiger partial charge in [-0.3, -0.25) is 0 Å². The van der Waals surface area contributed by atoms with Gasteiger partial charge in [-0.25, -0.2) is 15.0 Å². The minimum atomic E-state index is 0.639. The van der Waals surface area contributed by atoms with Crippen LogP contribution in [0.25, 0.3) is 89.0 Å². The van der Waals surface area contributed by atoms with E-state index in [9.17, 15) is 0 Å². The molecular formula is C46H31N5. The molecule has 0 saturated heterocycles. The van der Waals surface area contributed by atoms with E-state index in [1.54, 1.807) is 0 Å². The molecule has 7 aromatic carbocycles. The molecule has 0 atom stereocenters. The van der Waals surface area contributed by atoms with Gasteiger partial charge in [0.15, 0.2) is 17.5 Å². The third-order valence-electron chi connectivity index (χ3n) is 9.80. The molecule has 0 N–H and O–H groups in total. The van der Waals surface area contributed by atoms with E-state index in [-0.39, 0.29) is 0 Å². The zero-order valence-corrected chi connectivity index (χ0v) is 27.9. The summed E-state index contributed by atoms with van der Waals surface area (Å²) in [6.45, 7) is 2.15. The topological polar surface area (TPSA) is 48.5 Å². The Hall–Kier alpha value is -6.85. The normalized spacial score (nSPS) is 11.6. The first-order valence-electron chi connectivity index (χ1n) is 17.2. The lowest BCUT2D eigenvalue weighted by Crippen LogP contribution is -2.02. The summed E-state index contributed by atoms with van der Waals surface area (Å²) < 4.78 is 4.71. The lowest BCUT2D eigenvalue weighted by Gasteiger charge is -2.14. The Morgan fingerprint density at radius 3 is 1.75 bits per heavy atom. The number of hydrogen-bond donors (Lipinski definition) is 0. The first-order chi connectivity index (χ1) is 25.2. The van der Waals surface area contributed by atoms with Crippen molar-refractivity contribution in [3.05, 3.63) is 176 Å². The molecule has 0 amide bonds. The van der Waals surface area contributed by atoms with E-state index in [4.69, 9.17) is 15.0 Å². The highest BCUT2D eigenvalue weighted by Gasteiger charge is 2.19. The van der Waals surface area contributed by atoms with Crippen molar-refractivity contribution in [3.63, 3.8) is 0 Å². The second kappa shape index (κ2) is 11.6. The van der Waals surface area contributed by atoms with Gasteiger partial charge in [0.05, 0.1) is 16.6 Å². The summed E-state index contributed by atoms with van der Waals surface area (Å²) in [5.74, 6) is 1.94. The molecule has 0 spiro atoms. The third kappa shape index (κ3) is 4.82. The summed E-state index contributed by atoms with van der Waals surface area (Å²) in [7, 11) is 0. The van der Waals surface area contributed by atoms with Gasteiger partial charge in [-0.1, -0.05) is 115 Å². The van der Waals surface area contributed by atoms with Crippen LogP contribution >= 0.6 is 0 Å². The van der Waals surface area contributed by atoms with Crippen molar-refractivity contribution in [2.45, 2.75) is 6.92 Å². The summed E-state index contributed by atoms with van der Waals surface area (Å²) in [6.07, 6.45) is 2.19. The van der Waals surface area contributed by atoms with Crippen LogP contribution in [0.4, 0.5) is 0 Å². The molecule has 0 fully saturated rings. The van der Waals surface area contributed by atoms with Crippen molar-refractivity contribution in [2.24, 2.45) is 0 Å². The summed E-state index contributed by atoms with van der Waals surface area (Å²) in [5, 5.41) is 6.09. The molecule has 0 aliphatic heterocycles. The fourth-order valence-electron chi connectivity index (χ4n) is 7.53. The van der Waals surface area contributed by atoms with E-state index < -0.39 is 0 Å². The van der Waals surface area contributed by atoms with Crippen molar-refractivity contribution in [3.8, 4) is 45.5 Å². The average molecular weight is 654 g/mol. The van der Waals surface area contributed by atoms with Gasteiger partial charge < -0.3 is 9.13 Å². The third-order valence-corrected chi connectivity index (χ3v) is 9.80. The molecule has 0 radical (unpaired) electrons. The van der Waals surface area contributed by atoms with Gasteiger partial charge in [0.2, 0.25) is 0 Å². The number of aryl methyl sites for hydroxylation is 1. The van der Waals surface area contributed by atoms with Crippen LogP contribution in [0.3, 0.4) is 0 Å². The molecule has 240 valence electrons. The van der Waals surface area contributed by atoms with Crippen LogP contribution in [-0.2, 0) is 0 Å². The maximum atomic E-state index is 5.08. The molecular weight excluding hydrogens is 623 g/mol. The van der Waals surface area contributed by atoms with Crippen LogP contribution in [0, 0.1) is 6.92 Å². The Morgan fingerprint density at radius 2 is 1.04 bits per heavy atom. The van der Waals surface area contributed by atoms with Crippen molar-refractivity contribution < 1.29 is 0 Å². The summed E-state index contributed by atoms with van der Waals surface area (Å²) >= 11 is 0. The molecule has 3 aromatic heterocycles. The van der Waals surface area contributed by atoms with Crippen molar-refractivity contribution in [2.75, 3.05) is 0 Å². The largest absolute Gasteiger partial charge is 0.317 e. The number of hydrogen-bond acceptors (Lipinski definition) is 3. The number of fused-ring (bicyclic) bond motifs is 7. The van der Waals surface area contributed by atoms with Crippen molar-refractivity contribution in [1.29, 1.82) is 0 Å². The summed E-state index contributed by atoms with van der Waals surface area (Å²) in [5.41, 5.74) is 9.68. The van der Waals surface area contributed by atoms with E-state index in [1.807, 2.05) is 60.7 Å². The van der Waals surface area contributed by atoms with Crippen molar-refractivity contribution >= 4 is 43.5 Å². The number of aromatic nitrogens is 5. The fourth-order valence-corrected chi connectivity index (χ4v) is 7.53. The fraction of sp³-hybridized carbons (Fsp3) is 0.0217. The quantitative estimate of drug-likeness (QED) is 0.186. The maximum Gasteiger partial charge on any atom is 0.164 e. The molecule has 0 unspecified atom stereocenters. The van der Waals surface area contributed by atoms with E-state index in [1.165, 1.54) is 38.0 Å². The second-order valence-corrected chi connectivity index (χ2v) is 13.0. The number of benzene rings is 7. The number of para-hydroxylation sites is 2. The maximum absolute atomic E-state index is 5.08. The van der Waals surface area contributed by atoms with Gasteiger partial charge in [-0.15, -0.1) is 0 Å². The van der Waals surface area contributed by atoms with Gasteiger partial charge >= 0.3 is 0 Å². The second-order valence-electron chi connectivity index (χ2n) is 13.0. The minimum absolute atomic E-state index is 0.639. The highest BCUT2D eigenvalue weighted by Crippen LogP contribution is 2.41. The molecule has 0 saturated carbocycles. The molecule has 0 aliphatic rings. The molecule has 5 heteroatoms. The predicted octanol–water partition coefficient (Wildman–Crippen LogP) is 11.4. The standard InChI is InChI=1S/C46H31N5/c1-30-27-34(46-48-44(32-13-5-2-6-14-32)47-45(49-46)33-15-7-3-8-16-33)29-36(28-30)51-41-20-12-11-19-37(41)38-23-21-31-22-24-40-39(42(31)43(38)51)25-26-50(40)35-17-9-4-10-18-35/h2-29H,1H3. The van der Waals surface area contributed by atoms with E-state index in [0.717, 1.165) is 39.1 Å². The molecule has 0 aliphatic carbocycles. The first kappa shape index (κ1) is 29.1. The predicted molar refractivity (Wildman–Crippen MR) is 210 cm³/mol. The molecule has 3 heterocycles. The summed E-state index contributed by atoms with van der Waals surface area (Å²) in [4.78, 5) is 15.1. The van der Waals surface area contributed by atoms with Gasteiger partial charge in [-0.2, -0.15) is 0 Å². The Morgan fingerprint density at radius 1 is 0.431 bits per heavy atom. The number of nitrogens with zero attached hydrogens (tertiary/aromatic N) is 5. The van der Waals surface area contributed by atoms with E-state index in [2.05, 4.69) is 125 Å². The van der Waals surface area contributed by atoms with Gasteiger partial charge in [0.1, 0.15) is 0 Å². The van der Waals surface area contributed by atoms with Crippen LogP contribution < -0.4 is 0 Å². The van der Waals surface area contributed by atoms with Crippen LogP contribution in [0.5, 0.6) is 0 Å². The molecule has 10 rings (SSSR count). The molecule has 51 heavy (non-hydrogen) atoms. The monoisotopic (exact) mass is 653 g/mol. The highest BCUT2D eigenvalue weighted by atomic mass is 15.0. The lowest BCUT2D eigenvalue weighted by atomic mass is 10.0. The minimum Gasteiger partial charge on any atom is -0.317 e. The van der Waals surface area contributed by atoms with Crippen LogP contribution in [0.1, 0.15) is 5.56 Å². The van der Waals surface area contributed by atoms with Crippen LogP contribution in [0.2, 0.25) is 0 Å². The zero-order chi connectivity index (χ0) is 33.9. The van der Waals surface area contributed by atoms with Gasteiger partial charge in [0.25, 0.3) is 0 Å². The number of rotatable bonds is 5. The van der Waals surface area contributed by atoms with Crippen LogP contribution in [-0.4, -0.2) is 24.1 Å². The zero-order valence-electron chi connectivity index (χ0n) is 27.9. The van der Waals surface area contributed by atoms with E-state index in [0.29, 0.717) is 17.5 Å². The first-order valence-corrected chi connectivity index (χ1v) is 17.2. The van der Waals surface area contributed by atoms with Gasteiger partial charge in [-0.05, 0) is 66.4 Å². The molecule has 10 aromatic rings. The SMILES string of the molecule is Cc1cc(-c2nc(-c3ccccc3)nc(-c3ccccc3)n2)cc(-n2c3ccccc3c3ccc4ccc5c(ccn5-c5ccccc5)c4c32)c1. The molecule has 5 nitrogen and oxygen atoms in total. The highest BCUT2D eigenvalue weighted by molar-refractivity contribution is 6.25. The Labute approximate surface area is 294 Å². The Bertz CT molecular complexity index is 2850. The Kier molecular flexibility index (Phi) is 6.64. The van der Waals surface area contributed by atoms with E-state index >= 15 is 0 Å².